The minimum atomic E-state index is -4.18. The van der Waals surface area contributed by atoms with Gasteiger partial charge in [0, 0.05) is 11.4 Å². The number of thiazole rings is 1. The predicted octanol–water partition coefficient (Wildman–Crippen LogP) is 4.89. The number of anilines is 1. The summed E-state index contributed by atoms with van der Waals surface area (Å²) in [5, 5.41) is 1.43. The van der Waals surface area contributed by atoms with Crippen LogP contribution in [0.5, 0.6) is 5.75 Å². The van der Waals surface area contributed by atoms with Crippen LogP contribution in [-0.4, -0.2) is 20.0 Å². The van der Waals surface area contributed by atoms with Gasteiger partial charge in [0.15, 0.2) is 5.82 Å². The molecule has 10 heteroatoms. The summed E-state index contributed by atoms with van der Waals surface area (Å²) in [5.74, 6) is -1.20. The van der Waals surface area contributed by atoms with E-state index in [1.165, 1.54) is 28.3 Å². The minimum Gasteiger partial charge on any atom is -0.492 e. The van der Waals surface area contributed by atoms with E-state index in [1.54, 1.807) is 18.2 Å². The first-order valence-electron chi connectivity index (χ1n) is 8.13. The zero-order chi connectivity index (χ0) is 20.1. The minimum absolute atomic E-state index is 0.0142. The lowest BCUT2D eigenvalue weighted by molar-refractivity contribution is 0.308. The maximum Gasteiger partial charge on any atom is 0.266 e. The molecule has 0 amide bonds. The Bertz CT molecular complexity index is 1060. The third kappa shape index (κ3) is 4.98. The van der Waals surface area contributed by atoms with Crippen LogP contribution in [0.2, 0.25) is 5.02 Å². The number of nitrogens with zero attached hydrogens (tertiary/aromatic N) is 1. The van der Waals surface area contributed by atoms with Crippen molar-refractivity contribution in [3.63, 3.8) is 0 Å². The molecule has 0 unspecified atom stereocenters. The summed E-state index contributed by atoms with van der Waals surface area (Å²) in [6, 6.07) is 8.30. The second kappa shape index (κ2) is 8.85. The predicted molar refractivity (Wildman–Crippen MR) is 105 cm³/mol. The van der Waals surface area contributed by atoms with Crippen LogP contribution >= 0.6 is 22.9 Å². The van der Waals surface area contributed by atoms with Crippen molar-refractivity contribution in [2.45, 2.75) is 17.7 Å². The molecule has 28 heavy (non-hydrogen) atoms. The third-order valence-corrected chi connectivity index (χ3v) is 6.00. The normalized spacial score (nSPS) is 11.4. The van der Waals surface area contributed by atoms with Crippen LogP contribution in [0.25, 0.3) is 0 Å². The van der Waals surface area contributed by atoms with Crippen LogP contribution in [-0.2, 0) is 16.4 Å². The van der Waals surface area contributed by atoms with Crippen molar-refractivity contribution in [2.75, 3.05) is 11.3 Å². The summed E-state index contributed by atoms with van der Waals surface area (Å²) in [6.07, 6.45) is 0.918. The number of hydrogen-bond donors (Lipinski definition) is 1. The van der Waals surface area contributed by atoms with Gasteiger partial charge in [0.05, 0.1) is 17.1 Å². The SMILES string of the molecule is O=S(=O)(Nc1cscn1)c1cc(Cl)c(OCCCc2ccccc2F)cc1F. The van der Waals surface area contributed by atoms with E-state index in [1.807, 2.05) is 0 Å². The molecule has 1 heterocycles. The van der Waals surface area contributed by atoms with Gasteiger partial charge < -0.3 is 4.74 Å². The van der Waals surface area contributed by atoms with Crippen LogP contribution in [0.1, 0.15) is 12.0 Å². The van der Waals surface area contributed by atoms with E-state index >= 15 is 0 Å². The van der Waals surface area contributed by atoms with Crippen molar-refractivity contribution < 1.29 is 21.9 Å². The fourth-order valence-corrected chi connectivity index (χ4v) is 4.36. The van der Waals surface area contributed by atoms with Crippen LogP contribution < -0.4 is 9.46 Å². The molecule has 1 aromatic heterocycles. The van der Waals surface area contributed by atoms with E-state index in [0.717, 1.165) is 12.1 Å². The van der Waals surface area contributed by atoms with Crippen molar-refractivity contribution in [3.05, 3.63) is 69.5 Å². The molecule has 0 saturated heterocycles. The second-order valence-electron chi connectivity index (χ2n) is 5.74. The van der Waals surface area contributed by atoms with E-state index in [0.29, 0.717) is 18.4 Å². The van der Waals surface area contributed by atoms with E-state index in [9.17, 15) is 17.2 Å². The first-order chi connectivity index (χ1) is 13.4. The van der Waals surface area contributed by atoms with E-state index in [-0.39, 0.29) is 29.0 Å². The van der Waals surface area contributed by atoms with Crippen molar-refractivity contribution in [2.24, 2.45) is 0 Å². The Hall–Kier alpha value is -2.23. The Balaban J connectivity index is 1.65. The van der Waals surface area contributed by atoms with E-state index in [2.05, 4.69) is 9.71 Å². The molecule has 0 atom stereocenters. The molecule has 0 bridgehead atoms. The Labute approximate surface area is 170 Å². The molecular formula is C18H15ClF2N2O3S2. The van der Waals surface area contributed by atoms with Gasteiger partial charge in [-0.3, -0.25) is 4.72 Å². The summed E-state index contributed by atoms with van der Waals surface area (Å²) in [5.41, 5.74) is 2.00. The zero-order valence-corrected chi connectivity index (χ0v) is 16.8. The summed E-state index contributed by atoms with van der Waals surface area (Å²) >= 11 is 7.25. The first-order valence-corrected chi connectivity index (χ1v) is 10.9. The van der Waals surface area contributed by atoms with Gasteiger partial charge in [-0.15, -0.1) is 11.3 Å². The zero-order valence-electron chi connectivity index (χ0n) is 14.4. The van der Waals surface area contributed by atoms with Gasteiger partial charge in [-0.2, -0.15) is 0 Å². The number of nitrogens with one attached hydrogen (secondary N) is 1. The monoisotopic (exact) mass is 444 g/mol. The Morgan fingerprint density at radius 1 is 1.18 bits per heavy atom. The van der Waals surface area contributed by atoms with Crippen LogP contribution in [0.3, 0.4) is 0 Å². The quantitative estimate of drug-likeness (QED) is 0.502. The topological polar surface area (TPSA) is 68.3 Å². The Morgan fingerprint density at radius 3 is 2.68 bits per heavy atom. The van der Waals surface area contributed by atoms with E-state index < -0.39 is 20.7 Å². The standard InChI is InChI=1S/C18H15ClF2N2O3S2/c19-13-8-17(28(24,25)23-18-10-27-11-22-18)15(21)9-16(13)26-7-3-5-12-4-1-2-6-14(12)20/h1-2,4,6,8-11,23H,3,5,7H2. The fourth-order valence-electron chi connectivity index (χ4n) is 2.43. The molecule has 3 rings (SSSR count). The Kier molecular flexibility index (Phi) is 6.48. The largest absolute Gasteiger partial charge is 0.492 e. The molecule has 5 nitrogen and oxygen atoms in total. The lowest BCUT2D eigenvalue weighted by Gasteiger charge is -2.12. The number of ether oxygens (including phenoxy) is 1. The molecule has 0 aliphatic rings. The fraction of sp³-hybridized carbons (Fsp3) is 0.167. The van der Waals surface area contributed by atoms with Gasteiger partial charge in [-0.25, -0.2) is 22.2 Å². The highest BCUT2D eigenvalue weighted by molar-refractivity contribution is 7.92. The van der Waals surface area contributed by atoms with Gasteiger partial charge in [-0.1, -0.05) is 29.8 Å². The highest BCUT2D eigenvalue weighted by atomic mass is 35.5. The summed E-state index contributed by atoms with van der Waals surface area (Å²) in [7, 11) is -4.18. The Morgan fingerprint density at radius 2 is 1.96 bits per heavy atom. The van der Waals surface area contributed by atoms with Gasteiger partial charge >= 0.3 is 0 Å². The number of aryl methyl sites for hydroxylation is 1. The van der Waals surface area contributed by atoms with Gasteiger partial charge in [0.25, 0.3) is 10.0 Å². The number of benzene rings is 2. The van der Waals surface area contributed by atoms with Crippen molar-refractivity contribution >= 4 is 38.8 Å². The number of sulfonamides is 1. The molecule has 2 aromatic carbocycles. The maximum absolute atomic E-state index is 14.4. The van der Waals surface area contributed by atoms with Gasteiger partial charge in [0.2, 0.25) is 0 Å². The van der Waals surface area contributed by atoms with Gasteiger partial charge in [-0.05, 0) is 30.5 Å². The molecule has 0 fully saturated rings. The lowest BCUT2D eigenvalue weighted by Crippen LogP contribution is -2.15. The van der Waals surface area contributed by atoms with Gasteiger partial charge in [0.1, 0.15) is 22.3 Å². The molecular weight excluding hydrogens is 430 g/mol. The van der Waals surface area contributed by atoms with Crippen LogP contribution in [0.15, 0.2) is 52.2 Å². The first kappa shape index (κ1) is 20.5. The number of aromatic nitrogens is 1. The van der Waals surface area contributed by atoms with Crippen molar-refractivity contribution in [3.8, 4) is 5.75 Å². The van der Waals surface area contributed by atoms with E-state index in [4.69, 9.17) is 16.3 Å². The highest BCUT2D eigenvalue weighted by Gasteiger charge is 2.22. The van der Waals surface area contributed by atoms with Crippen LogP contribution in [0, 0.1) is 11.6 Å². The number of rotatable bonds is 8. The summed E-state index contributed by atoms with van der Waals surface area (Å²) in [4.78, 5) is 3.19. The molecule has 0 aliphatic carbocycles. The molecule has 3 aromatic rings. The molecule has 0 radical (unpaired) electrons. The summed E-state index contributed by atoms with van der Waals surface area (Å²) < 4.78 is 60.2. The average Bonchev–Trinajstić information content (AvgIpc) is 3.14. The summed E-state index contributed by atoms with van der Waals surface area (Å²) in [6.45, 7) is 0.163. The highest BCUT2D eigenvalue weighted by Crippen LogP contribution is 2.31. The van der Waals surface area contributed by atoms with Crippen molar-refractivity contribution in [1.82, 2.24) is 4.98 Å². The molecule has 0 aliphatic heterocycles. The van der Waals surface area contributed by atoms with Crippen molar-refractivity contribution in [1.29, 1.82) is 0 Å². The average molecular weight is 445 g/mol. The second-order valence-corrected chi connectivity index (χ2v) is 8.51. The van der Waals surface area contributed by atoms with Crippen LogP contribution in [0.4, 0.5) is 14.6 Å². The molecule has 0 spiro atoms. The lowest BCUT2D eigenvalue weighted by atomic mass is 10.1. The number of hydrogen-bond acceptors (Lipinski definition) is 5. The third-order valence-electron chi connectivity index (χ3n) is 3.75. The molecule has 148 valence electrons. The number of halogens is 3. The smallest absolute Gasteiger partial charge is 0.266 e. The molecule has 0 saturated carbocycles. The molecule has 1 N–H and O–H groups in total. The maximum atomic E-state index is 14.4.